The van der Waals surface area contributed by atoms with E-state index in [0.717, 1.165) is 74.5 Å². The minimum atomic E-state index is -0.617. The van der Waals surface area contributed by atoms with Crippen molar-refractivity contribution in [2.75, 3.05) is 36.5 Å². The van der Waals surface area contributed by atoms with Gasteiger partial charge in [0.15, 0.2) is 0 Å². The first-order valence-electron chi connectivity index (χ1n) is 11.3. The topological polar surface area (TPSA) is 97.6 Å². The van der Waals surface area contributed by atoms with Crippen LogP contribution in [-0.2, 0) is 11.8 Å². The SMILES string of the molecule is Cn1ccnc1NC(O)[C@H]1CC[C@@H](Oc2cc(N3CCOCC3)cc3nccnc23)CC1. The number of nitrogens with one attached hydrogen (secondary N) is 1. The summed E-state index contributed by atoms with van der Waals surface area (Å²) in [6.07, 6.45) is 10.0. The Morgan fingerprint density at radius 3 is 2.59 bits per heavy atom. The van der Waals surface area contributed by atoms with Gasteiger partial charge in [-0.15, -0.1) is 0 Å². The maximum absolute atomic E-state index is 10.6. The van der Waals surface area contributed by atoms with Gasteiger partial charge in [0, 0.05) is 62.6 Å². The van der Waals surface area contributed by atoms with E-state index in [4.69, 9.17) is 9.47 Å². The van der Waals surface area contributed by atoms with Crippen LogP contribution in [0, 0.1) is 5.92 Å². The van der Waals surface area contributed by atoms with E-state index in [1.807, 2.05) is 17.8 Å². The molecule has 32 heavy (non-hydrogen) atoms. The van der Waals surface area contributed by atoms with Crippen molar-refractivity contribution in [3.8, 4) is 5.75 Å². The van der Waals surface area contributed by atoms with Gasteiger partial charge in [0.1, 0.15) is 17.5 Å². The van der Waals surface area contributed by atoms with E-state index in [9.17, 15) is 5.11 Å². The minimum absolute atomic E-state index is 0.0942. The van der Waals surface area contributed by atoms with Crippen LogP contribution in [0.3, 0.4) is 0 Å². The number of imidazole rings is 1. The molecule has 3 heterocycles. The van der Waals surface area contributed by atoms with Gasteiger partial charge in [0.25, 0.3) is 0 Å². The summed E-state index contributed by atoms with van der Waals surface area (Å²) in [7, 11) is 1.91. The van der Waals surface area contributed by atoms with Gasteiger partial charge in [-0.1, -0.05) is 0 Å². The Kier molecular flexibility index (Phi) is 6.09. The molecule has 0 amide bonds. The molecule has 2 fully saturated rings. The molecule has 1 saturated heterocycles. The number of hydrogen-bond acceptors (Lipinski definition) is 8. The first kappa shape index (κ1) is 21.0. The fraction of sp³-hybridized carbons (Fsp3) is 0.522. The van der Waals surface area contributed by atoms with Gasteiger partial charge in [-0.2, -0.15) is 0 Å². The maximum atomic E-state index is 10.6. The number of aromatic nitrogens is 4. The average molecular weight is 439 g/mol. The van der Waals surface area contributed by atoms with Crippen LogP contribution < -0.4 is 15.0 Å². The molecule has 9 nitrogen and oxygen atoms in total. The smallest absolute Gasteiger partial charge is 0.204 e. The molecule has 2 aromatic heterocycles. The highest BCUT2D eigenvalue weighted by atomic mass is 16.5. The third kappa shape index (κ3) is 4.49. The van der Waals surface area contributed by atoms with Gasteiger partial charge in [0.05, 0.1) is 24.8 Å². The highest BCUT2D eigenvalue weighted by Crippen LogP contribution is 2.34. The highest BCUT2D eigenvalue weighted by molar-refractivity contribution is 5.85. The van der Waals surface area contributed by atoms with Crippen LogP contribution in [0.1, 0.15) is 25.7 Å². The predicted octanol–water partition coefficient (Wildman–Crippen LogP) is 2.57. The Hall–Kier alpha value is -2.91. The summed E-state index contributed by atoms with van der Waals surface area (Å²) in [6, 6.07) is 4.17. The normalized spacial score (nSPS) is 22.6. The summed E-state index contributed by atoms with van der Waals surface area (Å²) < 4.78 is 13.8. The Balaban J connectivity index is 1.26. The summed E-state index contributed by atoms with van der Waals surface area (Å²) >= 11 is 0. The lowest BCUT2D eigenvalue weighted by molar-refractivity contribution is 0.0656. The third-order valence-corrected chi connectivity index (χ3v) is 6.46. The van der Waals surface area contributed by atoms with E-state index in [1.165, 1.54) is 0 Å². The average Bonchev–Trinajstić information content (AvgIpc) is 3.24. The molecule has 1 aromatic carbocycles. The summed E-state index contributed by atoms with van der Waals surface area (Å²) in [5.74, 6) is 1.64. The van der Waals surface area contributed by atoms with Crippen LogP contribution in [0.15, 0.2) is 36.9 Å². The summed E-state index contributed by atoms with van der Waals surface area (Å²) in [5, 5.41) is 13.8. The van der Waals surface area contributed by atoms with Gasteiger partial charge in [-0.3, -0.25) is 4.98 Å². The van der Waals surface area contributed by atoms with Crippen LogP contribution in [-0.4, -0.2) is 63.3 Å². The Bertz CT molecular complexity index is 1040. The standard InChI is InChI=1S/C23H30N6O3/c1-28-9-8-26-23(28)27-22(30)16-2-4-18(5-3-16)32-20-15-17(29-10-12-31-13-11-29)14-19-21(20)25-7-6-24-19/h6-9,14-16,18,22,30H,2-5,10-13H2,1H3,(H,26,27)/t16-,18+,22?. The third-order valence-electron chi connectivity index (χ3n) is 6.46. The summed E-state index contributed by atoms with van der Waals surface area (Å²) in [4.78, 5) is 15.6. The molecule has 1 aliphatic heterocycles. The number of hydrogen-bond donors (Lipinski definition) is 2. The van der Waals surface area contributed by atoms with E-state index < -0.39 is 6.23 Å². The molecule has 170 valence electrons. The van der Waals surface area contributed by atoms with Crippen molar-refractivity contribution in [3.63, 3.8) is 0 Å². The number of benzene rings is 1. The molecule has 1 aliphatic carbocycles. The lowest BCUT2D eigenvalue weighted by Gasteiger charge is -2.33. The Morgan fingerprint density at radius 2 is 1.84 bits per heavy atom. The molecule has 2 aliphatic rings. The van der Waals surface area contributed by atoms with Gasteiger partial charge in [0.2, 0.25) is 5.95 Å². The number of rotatable bonds is 6. The fourth-order valence-corrected chi connectivity index (χ4v) is 4.58. The molecule has 0 spiro atoms. The molecule has 3 aromatic rings. The van der Waals surface area contributed by atoms with Crippen molar-refractivity contribution in [2.24, 2.45) is 13.0 Å². The number of ether oxygens (including phenoxy) is 2. The van der Waals surface area contributed by atoms with Crippen LogP contribution in [0.25, 0.3) is 11.0 Å². The van der Waals surface area contributed by atoms with Crippen molar-refractivity contribution in [1.29, 1.82) is 0 Å². The monoisotopic (exact) mass is 438 g/mol. The zero-order valence-electron chi connectivity index (χ0n) is 18.4. The Morgan fingerprint density at radius 1 is 1.06 bits per heavy atom. The van der Waals surface area contributed by atoms with E-state index in [0.29, 0.717) is 5.95 Å². The van der Waals surface area contributed by atoms with E-state index in [1.54, 1.807) is 18.6 Å². The maximum Gasteiger partial charge on any atom is 0.204 e. The van der Waals surface area contributed by atoms with E-state index >= 15 is 0 Å². The zero-order valence-corrected chi connectivity index (χ0v) is 18.4. The van der Waals surface area contributed by atoms with Crippen LogP contribution in [0.5, 0.6) is 5.75 Å². The van der Waals surface area contributed by atoms with Crippen molar-refractivity contribution < 1.29 is 14.6 Å². The number of anilines is 2. The molecule has 0 radical (unpaired) electrons. The van der Waals surface area contributed by atoms with Gasteiger partial charge >= 0.3 is 0 Å². The largest absolute Gasteiger partial charge is 0.488 e. The second kappa shape index (κ2) is 9.30. The van der Waals surface area contributed by atoms with E-state index in [2.05, 4.69) is 37.3 Å². The number of aliphatic hydroxyl groups excluding tert-OH is 1. The molecular weight excluding hydrogens is 408 g/mol. The molecule has 1 unspecified atom stereocenters. The second-order valence-corrected chi connectivity index (χ2v) is 8.57. The van der Waals surface area contributed by atoms with Crippen molar-refractivity contribution in [2.45, 2.75) is 38.0 Å². The molecule has 0 bridgehead atoms. The second-order valence-electron chi connectivity index (χ2n) is 8.57. The lowest BCUT2D eigenvalue weighted by Crippen LogP contribution is -2.36. The molecule has 1 saturated carbocycles. The zero-order chi connectivity index (χ0) is 21.9. The van der Waals surface area contributed by atoms with Crippen molar-refractivity contribution in [3.05, 3.63) is 36.9 Å². The first-order valence-corrected chi connectivity index (χ1v) is 11.3. The number of fused-ring (bicyclic) bond motifs is 1. The molecule has 9 heteroatoms. The fourth-order valence-electron chi connectivity index (χ4n) is 4.58. The van der Waals surface area contributed by atoms with Crippen molar-refractivity contribution >= 4 is 22.7 Å². The molecule has 5 rings (SSSR count). The van der Waals surface area contributed by atoms with Crippen LogP contribution in [0.2, 0.25) is 0 Å². The van der Waals surface area contributed by atoms with Gasteiger partial charge < -0.3 is 29.4 Å². The lowest BCUT2D eigenvalue weighted by atomic mass is 9.86. The van der Waals surface area contributed by atoms with Gasteiger partial charge in [-0.05, 0) is 31.7 Å². The van der Waals surface area contributed by atoms with Crippen LogP contribution >= 0.6 is 0 Å². The van der Waals surface area contributed by atoms with Crippen LogP contribution in [0.4, 0.5) is 11.6 Å². The Labute approximate surface area is 187 Å². The predicted molar refractivity (Wildman–Crippen MR) is 122 cm³/mol. The van der Waals surface area contributed by atoms with E-state index in [-0.39, 0.29) is 12.0 Å². The molecule has 1 atom stereocenters. The molecule has 2 N–H and O–H groups in total. The highest BCUT2D eigenvalue weighted by Gasteiger charge is 2.29. The summed E-state index contributed by atoms with van der Waals surface area (Å²) in [5.41, 5.74) is 2.73. The number of nitrogens with zero attached hydrogens (tertiary/aromatic N) is 5. The van der Waals surface area contributed by atoms with Gasteiger partial charge in [-0.25, -0.2) is 9.97 Å². The van der Waals surface area contributed by atoms with Crippen molar-refractivity contribution in [1.82, 2.24) is 19.5 Å². The number of morpholine rings is 1. The minimum Gasteiger partial charge on any atom is -0.488 e. The summed E-state index contributed by atoms with van der Waals surface area (Å²) in [6.45, 7) is 3.18. The quantitative estimate of drug-likeness (QED) is 0.567. The molecular formula is C23H30N6O3. The number of aliphatic hydroxyl groups is 1. The number of aryl methyl sites for hydroxylation is 1. The first-order chi connectivity index (χ1) is 15.7.